The molecule has 2 aromatic carbocycles. The highest BCUT2D eigenvalue weighted by Gasteiger charge is 2.39. The Labute approximate surface area is 158 Å². The van der Waals surface area contributed by atoms with Gasteiger partial charge >= 0.3 is 6.09 Å². The molecule has 1 aliphatic rings. The van der Waals surface area contributed by atoms with Gasteiger partial charge in [0.1, 0.15) is 11.5 Å². The van der Waals surface area contributed by atoms with Gasteiger partial charge in [-0.25, -0.2) is 9.69 Å². The molecule has 1 atom stereocenters. The number of methoxy groups -OCH3 is 1. The van der Waals surface area contributed by atoms with Crippen LogP contribution in [-0.2, 0) is 16.1 Å². The molecule has 27 heavy (non-hydrogen) atoms. The first-order valence-electron chi connectivity index (χ1n) is 8.91. The average molecular weight is 369 g/mol. The van der Waals surface area contributed by atoms with Crippen molar-refractivity contribution in [3.63, 3.8) is 0 Å². The third-order valence-corrected chi connectivity index (χ3v) is 4.41. The molecule has 1 heterocycles. The Balaban J connectivity index is 1.47. The predicted octanol–water partition coefficient (Wildman–Crippen LogP) is 3.71. The molecule has 0 spiro atoms. The molecule has 2 aromatic rings. The minimum atomic E-state index is -0.739. The van der Waals surface area contributed by atoms with Crippen LogP contribution in [0.1, 0.15) is 24.0 Å². The molecule has 1 unspecified atom stereocenters. The summed E-state index contributed by atoms with van der Waals surface area (Å²) >= 11 is 0. The molecule has 0 aromatic heterocycles. The number of rotatable bonds is 8. The van der Waals surface area contributed by atoms with E-state index < -0.39 is 12.2 Å². The first-order chi connectivity index (χ1) is 13.1. The van der Waals surface area contributed by atoms with Crippen LogP contribution in [0.5, 0.6) is 11.5 Å². The van der Waals surface area contributed by atoms with Gasteiger partial charge in [-0.05, 0) is 49.6 Å². The second kappa shape index (κ2) is 8.58. The molecule has 142 valence electrons. The van der Waals surface area contributed by atoms with Crippen LogP contribution in [0.3, 0.4) is 0 Å². The number of amides is 2. The predicted molar refractivity (Wildman–Crippen MR) is 99.7 cm³/mol. The van der Waals surface area contributed by atoms with Crippen LogP contribution in [0.25, 0.3) is 0 Å². The van der Waals surface area contributed by atoms with E-state index in [1.807, 2.05) is 43.3 Å². The van der Waals surface area contributed by atoms with E-state index in [1.54, 1.807) is 19.2 Å². The van der Waals surface area contributed by atoms with Crippen molar-refractivity contribution in [1.29, 1.82) is 0 Å². The van der Waals surface area contributed by atoms with Gasteiger partial charge in [-0.15, -0.1) is 0 Å². The third kappa shape index (κ3) is 4.78. The second-order valence-electron chi connectivity index (χ2n) is 6.45. The smallest absolute Gasteiger partial charge is 0.417 e. The van der Waals surface area contributed by atoms with Crippen LogP contribution >= 0.6 is 0 Å². The number of ether oxygens (including phenoxy) is 3. The summed E-state index contributed by atoms with van der Waals surface area (Å²) in [5, 5.41) is 0. The molecule has 0 saturated carbocycles. The zero-order valence-electron chi connectivity index (χ0n) is 15.5. The van der Waals surface area contributed by atoms with Gasteiger partial charge < -0.3 is 14.2 Å². The summed E-state index contributed by atoms with van der Waals surface area (Å²) in [7, 11) is 1.59. The summed E-state index contributed by atoms with van der Waals surface area (Å²) in [5.41, 5.74) is 2.01. The zero-order chi connectivity index (χ0) is 19.2. The lowest BCUT2D eigenvalue weighted by molar-refractivity contribution is -0.130. The normalized spacial score (nSPS) is 16.4. The molecular formula is C21H23NO5. The molecule has 0 aliphatic carbocycles. The largest absolute Gasteiger partial charge is 0.497 e. The van der Waals surface area contributed by atoms with Gasteiger partial charge in [0, 0.05) is 0 Å². The molecule has 1 aliphatic heterocycles. The van der Waals surface area contributed by atoms with Gasteiger partial charge in [0.15, 0.2) is 6.10 Å². The van der Waals surface area contributed by atoms with E-state index in [2.05, 4.69) is 0 Å². The van der Waals surface area contributed by atoms with Crippen LogP contribution < -0.4 is 9.47 Å². The minimum Gasteiger partial charge on any atom is -0.497 e. The number of cyclic esters (lactones) is 1. The quantitative estimate of drug-likeness (QED) is 0.664. The lowest BCUT2D eigenvalue weighted by Gasteiger charge is -2.12. The fraction of sp³-hybridized carbons (Fsp3) is 0.333. The Bertz CT molecular complexity index is 785. The standard InChI is InChI=1S/C21H23NO5/c1-15-5-9-18(10-6-15)26-13-3-4-19-20(23)22(21(24)27-19)14-16-7-11-17(25-2)12-8-16/h5-12,19H,3-4,13-14H2,1-2H3. The van der Waals surface area contributed by atoms with Gasteiger partial charge in [0.25, 0.3) is 5.91 Å². The number of imide groups is 1. The number of hydrogen-bond acceptors (Lipinski definition) is 5. The van der Waals surface area contributed by atoms with Crippen molar-refractivity contribution >= 4 is 12.0 Å². The fourth-order valence-corrected chi connectivity index (χ4v) is 2.83. The monoisotopic (exact) mass is 369 g/mol. The molecule has 1 saturated heterocycles. The zero-order valence-corrected chi connectivity index (χ0v) is 15.5. The van der Waals surface area contributed by atoms with E-state index in [9.17, 15) is 9.59 Å². The minimum absolute atomic E-state index is 0.192. The van der Waals surface area contributed by atoms with Crippen molar-refractivity contribution in [2.24, 2.45) is 0 Å². The SMILES string of the molecule is COc1ccc(CN2C(=O)OC(CCCOc3ccc(C)cc3)C2=O)cc1. The van der Waals surface area contributed by atoms with E-state index in [0.29, 0.717) is 19.4 Å². The second-order valence-corrected chi connectivity index (χ2v) is 6.45. The van der Waals surface area contributed by atoms with E-state index in [1.165, 1.54) is 5.56 Å². The van der Waals surface area contributed by atoms with Crippen LogP contribution in [0, 0.1) is 6.92 Å². The van der Waals surface area contributed by atoms with Gasteiger partial charge in [-0.2, -0.15) is 0 Å². The Hall–Kier alpha value is -3.02. The number of benzene rings is 2. The Morgan fingerprint density at radius 3 is 2.33 bits per heavy atom. The van der Waals surface area contributed by atoms with Gasteiger partial charge in [0.05, 0.1) is 20.3 Å². The first kappa shape index (κ1) is 18.8. The molecule has 3 rings (SSSR count). The number of carbonyl (C=O) groups is 2. The Morgan fingerprint density at radius 1 is 1.00 bits per heavy atom. The van der Waals surface area contributed by atoms with E-state index in [4.69, 9.17) is 14.2 Å². The lowest BCUT2D eigenvalue weighted by Crippen LogP contribution is -2.31. The Kier molecular flexibility index (Phi) is 5.96. The van der Waals surface area contributed by atoms with Crippen molar-refractivity contribution < 1.29 is 23.8 Å². The van der Waals surface area contributed by atoms with Crippen LogP contribution in [0.15, 0.2) is 48.5 Å². The number of nitrogens with zero attached hydrogens (tertiary/aromatic N) is 1. The van der Waals surface area contributed by atoms with Crippen LogP contribution in [0.4, 0.5) is 4.79 Å². The topological polar surface area (TPSA) is 65.1 Å². The van der Waals surface area contributed by atoms with Crippen molar-refractivity contribution in [1.82, 2.24) is 4.90 Å². The summed E-state index contributed by atoms with van der Waals surface area (Å²) in [6.45, 7) is 2.67. The number of aryl methyl sites for hydroxylation is 1. The highest BCUT2D eigenvalue weighted by atomic mass is 16.6. The van der Waals surface area contributed by atoms with Crippen molar-refractivity contribution in [3.05, 3.63) is 59.7 Å². The van der Waals surface area contributed by atoms with E-state index in [0.717, 1.165) is 22.0 Å². The maximum Gasteiger partial charge on any atom is 0.417 e. The first-order valence-corrected chi connectivity index (χ1v) is 8.91. The molecule has 1 fully saturated rings. The average Bonchev–Trinajstić information content (AvgIpc) is 2.95. The lowest BCUT2D eigenvalue weighted by atomic mass is 10.1. The maximum atomic E-state index is 12.5. The van der Waals surface area contributed by atoms with Gasteiger partial charge in [0.2, 0.25) is 0 Å². The van der Waals surface area contributed by atoms with Crippen LogP contribution in [-0.4, -0.2) is 36.7 Å². The molecule has 6 heteroatoms. The molecule has 0 radical (unpaired) electrons. The summed E-state index contributed by atoms with van der Waals surface area (Å²) in [5.74, 6) is 1.21. The third-order valence-electron chi connectivity index (χ3n) is 4.41. The summed E-state index contributed by atoms with van der Waals surface area (Å²) in [4.78, 5) is 25.6. The van der Waals surface area contributed by atoms with Crippen molar-refractivity contribution in [2.45, 2.75) is 32.4 Å². The van der Waals surface area contributed by atoms with E-state index in [-0.39, 0.29) is 12.5 Å². The van der Waals surface area contributed by atoms with Crippen LogP contribution in [0.2, 0.25) is 0 Å². The molecular weight excluding hydrogens is 346 g/mol. The highest BCUT2D eigenvalue weighted by Crippen LogP contribution is 2.21. The highest BCUT2D eigenvalue weighted by molar-refractivity contribution is 5.99. The number of carbonyl (C=O) groups excluding carboxylic acids is 2. The summed E-state index contributed by atoms with van der Waals surface area (Å²) in [6.07, 6.45) is -0.277. The molecule has 0 bridgehead atoms. The molecule has 6 nitrogen and oxygen atoms in total. The Morgan fingerprint density at radius 2 is 1.67 bits per heavy atom. The van der Waals surface area contributed by atoms with Gasteiger partial charge in [-0.3, -0.25) is 4.79 Å². The maximum absolute atomic E-state index is 12.5. The van der Waals surface area contributed by atoms with E-state index >= 15 is 0 Å². The fourth-order valence-electron chi connectivity index (χ4n) is 2.83. The molecule has 0 N–H and O–H groups in total. The van der Waals surface area contributed by atoms with Gasteiger partial charge in [-0.1, -0.05) is 29.8 Å². The summed E-state index contributed by atoms with van der Waals surface area (Å²) < 4.78 is 16.0. The summed E-state index contributed by atoms with van der Waals surface area (Å²) in [6, 6.07) is 15.0. The molecule has 2 amide bonds. The number of hydrogen-bond donors (Lipinski definition) is 0. The van der Waals surface area contributed by atoms with Crippen molar-refractivity contribution in [2.75, 3.05) is 13.7 Å². The van der Waals surface area contributed by atoms with Crippen molar-refractivity contribution in [3.8, 4) is 11.5 Å².